The first-order valence-corrected chi connectivity index (χ1v) is 5.46. The van der Waals surface area contributed by atoms with Crippen LogP contribution in [0.25, 0.3) is 0 Å². The first kappa shape index (κ1) is 12.5. The van der Waals surface area contributed by atoms with E-state index in [1.54, 1.807) is 0 Å². The van der Waals surface area contributed by atoms with E-state index in [0.717, 1.165) is 17.0 Å². The number of amides is 1. The summed E-state index contributed by atoms with van der Waals surface area (Å²) in [7, 11) is 0. The Labute approximate surface area is 95.8 Å². The van der Waals surface area contributed by atoms with Gasteiger partial charge in [0.25, 0.3) is 0 Å². The Morgan fingerprint density at radius 2 is 2.19 bits per heavy atom. The second-order valence-corrected chi connectivity index (χ2v) is 3.36. The van der Waals surface area contributed by atoms with Gasteiger partial charge in [-0.15, -0.1) is 0 Å². The third kappa shape index (κ3) is 3.24. The molecule has 0 fully saturated rings. The van der Waals surface area contributed by atoms with Crippen LogP contribution in [0.3, 0.4) is 0 Å². The van der Waals surface area contributed by atoms with Gasteiger partial charge in [0, 0.05) is 24.2 Å². The minimum absolute atomic E-state index is 0.00729. The summed E-state index contributed by atoms with van der Waals surface area (Å²) in [6.45, 7) is 4.74. The molecule has 16 heavy (non-hydrogen) atoms. The predicted molar refractivity (Wildman–Crippen MR) is 64.4 cm³/mol. The molecule has 0 aromatic heterocycles. The fraction of sp³-hybridized carbons (Fsp3) is 0.417. The Morgan fingerprint density at radius 1 is 1.44 bits per heavy atom. The molecule has 0 aliphatic carbocycles. The van der Waals surface area contributed by atoms with Crippen molar-refractivity contribution in [3.8, 4) is 5.75 Å². The lowest BCUT2D eigenvalue weighted by Crippen LogP contribution is -2.10. The molecule has 4 nitrogen and oxygen atoms in total. The molecule has 88 valence electrons. The fourth-order valence-corrected chi connectivity index (χ4v) is 1.36. The van der Waals surface area contributed by atoms with Gasteiger partial charge in [0.15, 0.2) is 0 Å². The van der Waals surface area contributed by atoms with Crippen LogP contribution in [0, 0.1) is 0 Å². The standard InChI is InChI=1S/C12H18N2O2/c1-3-12(15)14-10-5-6-11(16-4-2)9(7-10)8-13/h5-7H,3-4,8,13H2,1-2H3,(H,14,15). The van der Waals surface area contributed by atoms with Crippen LogP contribution in [0.1, 0.15) is 25.8 Å². The number of nitrogens with two attached hydrogens (primary N) is 1. The first-order valence-electron chi connectivity index (χ1n) is 5.46. The van der Waals surface area contributed by atoms with Gasteiger partial charge in [0.2, 0.25) is 5.91 Å². The zero-order valence-electron chi connectivity index (χ0n) is 9.75. The highest BCUT2D eigenvalue weighted by Gasteiger charge is 2.05. The molecule has 1 rings (SSSR count). The van der Waals surface area contributed by atoms with E-state index in [1.165, 1.54) is 0 Å². The van der Waals surface area contributed by atoms with Crippen LogP contribution in [0.4, 0.5) is 5.69 Å². The highest BCUT2D eigenvalue weighted by atomic mass is 16.5. The zero-order valence-corrected chi connectivity index (χ0v) is 9.75. The smallest absolute Gasteiger partial charge is 0.224 e. The van der Waals surface area contributed by atoms with E-state index < -0.39 is 0 Å². The van der Waals surface area contributed by atoms with E-state index in [1.807, 2.05) is 32.0 Å². The van der Waals surface area contributed by atoms with Crippen molar-refractivity contribution >= 4 is 11.6 Å². The van der Waals surface area contributed by atoms with E-state index in [0.29, 0.717) is 19.6 Å². The second kappa shape index (κ2) is 6.12. The van der Waals surface area contributed by atoms with Crippen LogP contribution in [0.15, 0.2) is 18.2 Å². The van der Waals surface area contributed by atoms with Crippen molar-refractivity contribution in [1.82, 2.24) is 0 Å². The molecule has 0 atom stereocenters. The van der Waals surface area contributed by atoms with E-state index in [4.69, 9.17) is 10.5 Å². The van der Waals surface area contributed by atoms with Gasteiger partial charge in [-0.1, -0.05) is 6.92 Å². The van der Waals surface area contributed by atoms with Crippen LogP contribution in [0.2, 0.25) is 0 Å². The summed E-state index contributed by atoms with van der Waals surface area (Å²) in [4.78, 5) is 11.2. The number of carbonyl (C=O) groups is 1. The topological polar surface area (TPSA) is 64.3 Å². The molecule has 4 heteroatoms. The van der Waals surface area contributed by atoms with Crippen molar-refractivity contribution in [1.29, 1.82) is 0 Å². The molecule has 0 heterocycles. The minimum atomic E-state index is -0.00729. The Bertz CT molecular complexity index is 364. The molecule has 1 aromatic carbocycles. The van der Waals surface area contributed by atoms with Crippen molar-refractivity contribution in [2.45, 2.75) is 26.8 Å². The van der Waals surface area contributed by atoms with Gasteiger partial charge < -0.3 is 15.8 Å². The van der Waals surface area contributed by atoms with Gasteiger partial charge >= 0.3 is 0 Å². The normalized spacial score (nSPS) is 9.94. The largest absolute Gasteiger partial charge is 0.494 e. The van der Waals surface area contributed by atoms with Crippen molar-refractivity contribution in [3.05, 3.63) is 23.8 Å². The molecule has 0 spiro atoms. The molecular weight excluding hydrogens is 204 g/mol. The van der Waals surface area contributed by atoms with Gasteiger partial charge in [-0.25, -0.2) is 0 Å². The summed E-state index contributed by atoms with van der Waals surface area (Å²) in [5, 5.41) is 2.79. The average Bonchev–Trinajstić information content (AvgIpc) is 2.31. The Hall–Kier alpha value is -1.55. The lowest BCUT2D eigenvalue weighted by Gasteiger charge is -2.11. The van der Waals surface area contributed by atoms with Gasteiger partial charge in [0.05, 0.1) is 6.61 Å². The molecule has 3 N–H and O–H groups in total. The summed E-state index contributed by atoms with van der Waals surface area (Å²) >= 11 is 0. The number of anilines is 1. The Morgan fingerprint density at radius 3 is 2.75 bits per heavy atom. The molecule has 0 aliphatic heterocycles. The molecule has 0 bridgehead atoms. The Kier molecular flexibility index (Phi) is 4.79. The van der Waals surface area contributed by atoms with Gasteiger partial charge in [-0.3, -0.25) is 4.79 Å². The third-order valence-electron chi connectivity index (χ3n) is 2.19. The van der Waals surface area contributed by atoms with Crippen molar-refractivity contribution in [2.75, 3.05) is 11.9 Å². The lowest BCUT2D eigenvalue weighted by molar-refractivity contribution is -0.115. The molecule has 0 saturated carbocycles. The molecule has 0 radical (unpaired) electrons. The number of ether oxygens (including phenoxy) is 1. The van der Waals surface area contributed by atoms with Crippen molar-refractivity contribution in [2.24, 2.45) is 5.73 Å². The third-order valence-corrected chi connectivity index (χ3v) is 2.19. The summed E-state index contributed by atoms with van der Waals surface area (Å²) in [5.41, 5.74) is 7.28. The van der Waals surface area contributed by atoms with Crippen LogP contribution < -0.4 is 15.8 Å². The van der Waals surface area contributed by atoms with E-state index in [9.17, 15) is 4.79 Å². The first-order chi connectivity index (χ1) is 7.71. The van der Waals surface area contributed by atoms with E-state index in [-0.39, 0.29) is 5.91 Å². The predicted octanol–water partition coefficient (Wildman–Crippen LogP) is 1.89. The fourth-order valence-electron chi connectivity index (χ4n) is 1.36. The number of hydrogen-bond acceptors (Lipinski definition) is 3. The van der Waals surface area contributed by atoms with Crippen LogP contribution in [-0.2, 0) is 11.3 Å². The number of benzene rings is 1. The second-order valence-electron chi connectivity index (χ2n) is 3.36. The number of hydrogen-bond donors (Lipinski definition) is 2. The van der Waals surface area contributed by atoms with Gasteiger partial charge in [0.1, 0.15) is 5.75 Å². The number of nitrogens with one attached hydrogen (secondary N) is 1. The number of carbonyl (C=O) groups excluding carboxylic acids is 1. The summed E-state index contributed by atoms with van der Waals surface area (Å²) in [6.07, 6.45) is 0.463. The van der Waals surface area contributed by atoms with E-state index >= 15 is 0 Å². The van der Waals surface area contributed by atoms with Crippen molar-refractivity contribution < 1.29 is 9.53 Å². The molecule has 0 aliphatic rings. The molecule has 1 amide bonds. The highest BCUT2D eigenvalue weighted by molar-refractivity contribution is 5.90. The molecule has 1 aromatic rings. The zero-order chi connectivity index (χ0) is 12.0. The van der Waals surface area contributed by atoms with Crippen LogP contribution >= 0.6 is 0 Å². The van der Waals surface area contributed by atoms with Crippen LogP contribution in [-0.4, -0.2) is 12.5 Å². The number of rotatable bonds is 5. The summed E-state index contributed by atoms with van der Waals surface area (Å²) in [6, 6.07) is 5.49. The lowest BCUT2D eigenvalue weighted by atomic mass is 10.1. The SMILES string of the molecule is CCOc1ccc(NC(=O)CC)cc1CN. The molecular formula is C12H18N2O2. The monoisotopic (exact) mass is 222 g/mol. The maximum atomic E-state index is 11.2. The van der Waals surface area contributed by atoms with Gasteiger partial charge in [-0.05, 0) is 25.1 Å². The molecule has 0 saturated heterocycles. The Balaban J connectivity index is 2.86. The highest BCUT2D eigenvalue weighted by Crippen LogP contribution is 2.22. The maximum absolute atomic E-state index is 11.2. The van der Waals surface area contributed by atoms with Crippen LogP contribution in [0.5, 0.6) is 5.75 Å². The minimum Gasteiger partial charge on any atom is -0.494 e. The van der Waals surface area contributed by atoms with Gasteiger partial charge in [-0.2, -0.15) is 0 Å². The quantitative estimate of drug-likeness (QED) is 0.799. The van der Waals surface area contributed by atoms with E-state index in [2.05, 4.69) is 5.32 Å². The maximum Gasteiger partial charge on any atom is 0.224 e. The summed E-state index contributed by atoms with van der Waals surface area (Å²) < 4.78 is 5.42. The molecule has 0 unspecified atom stereocenters. The van der Waals surface area contributed by atoms with Crippen molar-refractivity contribution in [3.63, 3.8) is 0 Å². The average molecular weight is 222 g/mol. The summed E-state index contributed by atoms with van der Waals surface area (Å²) in [5.74, 6) is 0.770.